The van der Waals surface area contributed by atoms with E-state index in [4.69, 9.17) is 5.41 Å². The lowest BCUT2D eigenvalue weighted by Gasteiger charge is -2.44. The van der Waals surface area contributed by atoms with Crippen LogP contribution in [0.5, 0.6) is 0 Å². The van der Waals surface area contributed by atoms with Crippen molar-refractivity contribution < 1.29 is 9.18 Å². The summed E-state index contributed by atoms with van der Waals surface area (Å²) < 4.78 is 17.9. The molecule has 9 unspecified atom stereocenters. The topological polar surface area (TPSA) is 86.9 Å². The third kappa shape index (κ3) is 5.90. The summed E-state index contributed by atoms with van der Waals surface area (Å²) in [5, 5.41) is 18.8. The highest BCUT2D eigenvalue weighted by atomic mass is 19.1. The molecule has 2 saturated carbocycles. The van der Waals surface area contributed by atoms with Crippen LogP contribution in [-0.2, 0) is 18.4 Å². The number of aromatic nitrogens is 2. The fraction of sp³-hybridized carbons (Fsp3) is 0.857. The average molecular weight is 503 g/mol. The number of alkyl halides is 1. The highest BCUT2D eigenvalue weighted by Crippen LogP contribution is 2.43. The number of imidazole rings is 1. The van der Waals surface area contributed by atoms with Crippen LogP contribution >= 0.6 is 0 Å². The minimum Gasteiger partial charge on any atom is -0.351 e. The summed E-state index contributed by atoms with van der Waals surface area (Å²) >= 11 is 0. The number of carbonyl (C=O) groups is 1. The van der Waals surface area contributed by atoms with Crippen molar-refractivity contribution in [2.75, 3.05) is 6.54 Å². The van der Waals surface area contributed by atoms with Gasteiger partial charge in [0.15, 0.2) is 6.30 Å². The van der Waals surface area contributed by atoms with E-state index in [1.165, 1.54) is 19.3 Å². The zero-order chi connectivity index (χ0) is 25.4. The van der Waals surface area contributed by atoms with Crippen molar-refractivity contribution in [1.82, 2.24) is 25.1 Å². The third-order valence-electron chi connectivity index (χ3n) is 9.76. The summed E-state index contributed by atoms with van der Waals surface area (Å²) in [7, 11) is 1.90. The molecule has 36 heavy (non-hydrogen) atoms. The van der Waals surface area contributed by atoms with Crippen molar-refractivity contribution >= 4 is 5.91 Å². The van der Waals surface area contributed by atoms with Gasteiger partial charge in [-0.05, 0) is 101 Å². The second-order valence-electron chi connectivity index (χ2n) is 12.6. The number of nitrogens with one attached hydrogen (secondary N) is 4. The molecule has 1 aromatic heterocycles. The van der Waals surface area contributed by atoms with Gasteiger partial charge in [-0.1, -0.05) is 6.92 Å². The van der Waals surface area contributed by atoms with E-state index in [-0.39, 0.29) is 23.9 Å². The van der Waals surface area contributed by atoms with Crippen LogP contribution in [0.2, 0.25) is 0 Å². The van der Waals surface area contributed by atoms with Gasteiger partial charge in [-0.25, -0.2) is 4.39 Å². The summed E-state index contributed by atoms with van der Waals surface area (Å²) in [5.74, 6) is 2.68. The first-order chi connectivity index (χ1) is 17.3. The molecule has 1 aromatic rings. The van der Waals surface area contributed by atoms with E-state index in [9.17, 15) is 9.18 Å². The van der Waals surface area contributed by atoms with Gasteiger partial charge in [-0.2, -0.15) is 0 Å². The molecule has 7 nitrogen and oxygen atoms in total. The van der Waals surface area contributed by atoms with Crippen LogP contribution in [0.3, 0.4) is 0 Å². The minimum atomic E-state index is -0.912. The minimum absolute atomic E-state index is 0.00944. The van der Waals surface area contributed by atoms with Gasteiger partial charge in [-0.3, -0.25) is 15.5 Å². The van der Waals surface area contributed by atoms with E-state index in [1.54, 1.807) is 0 Å². The molecule has 9 atom stereocenters. The lowest BCUT2D eigenvalue weighted by Crippen LogP contribution is -2.56. The Bertz CT molecular complexity index is 956. The summed E-state index contributed by atoms with van der Waals surface area (Å²) in [4.78, 5) is 13.8. The summed E-state index contributed by atoms with van der Waals surface area (Å²) in [5.41, 5.74) is 0.498. The molecule has 1 amide bonds. The number of amides is 1. The first-order valence-corrected chi connectivity index (χ1v) is 14.5. The van der Waals surface area contributed by atoms with E-state index in [2.05, 4.69) is 29.8 Å². The molecular weight excluding hydrogens is 455 g/mol. The Morgan fingerprint density at radius 2 is 1.94 bits per heavy atom. The number of rotatable bonds is 7. The molecule has 0 bridgehead atoms. The molecule has 3 heterocycles. The zero-order valence-corrected chi connectivity index (χ0v) is 22.4. The van der Waals surface area contributed by atoms with Crippen LogP contribution in [-0.4, -0.2) is 46.0 Å². The van der Waals surface area contributed by atoms with Crippen LogP contribution in [0.1, 0.15) is 71.6 Å². The standard InChI is InChI=1S/C28H47FN6O/c1-17-8-9-31-24(12-17)26(20-4-5-20)33-27(36)22-14-19(16-35-11-10-34(3)28(35)30)13-21(15-22)23-6-7-25(29)32-18(23)2/h10-11,17-26,30-32H,4-9,12-16H2,1-3H3,(H,33,36). The van der Waals surface area contributed by atoms with Crippen LogP contribution < -0.4 is 21.6 Å². The molecule has 202 valence electrons. The molecule has 2 aliphatic carbocycles. The zero-order valence-electron chi connectivity index (χ0n) is 22.4. The fourth-order valence-corrected chi connectivity index (χ4v) is 7.58. The Labute approximate surface area is 215 Å². The Balaban J connectivity index is 1.31. The van der Waals surface area contributed by atoms with Gasteiger partial charge in [0.1, 0.15) is 0 Å². The molecule has 5 rings (SSSR count). The molecule has 2 saturated heterocycles. The molecule has 0 radical (unpaired) electrons. The average Bonchev–Trinajstić information content (AvgIpc) is 3.64. The second kappa shape index (κ2) is 11.0. The largest absolute Gasteiger partial charge is 0.351 e. The summed E-state index contributed by atoms with van der Waals surface area (Å²) in [6, 6.07) is 0.754. The first-order valence-electron chi connectivity index (χ1n) is 14.5. The Morgan fingerprint density at radius 3 is 2.61 bits per heavy atom. The molecule has 4 aliphatic rings. The van der Waals surface area contributed by atoms with E-state index >= 15 is 0 Å². The van der Waals surface area contributed by atoms with Crippen LogP contribution in [0, 0.1) is 40.9 Å². The van der Waals surface area contributed by atoms with Gasteiger partial charge in [0.05, 0.1) is 0 Å². The fourth-order valence-electron chi connectivity index (χ4n) is 7.58. The highest BCUT2D eigenvalue weighted by molar-refractivity contribution is 5.79. The number of piperidine rings is 2. The maximum Gasteiger partial charge on any atom is 0.223 e. The van der Waals surface area contributed by atoms with Crippen molar-refractivity contribution in [2.45, 2.75) is 103 Å². The van der Waals surface area contributed by atoms with E-state index in [0.717, 1.165) is 45.2 Å². The lowest BCUT2D eigenvalue weighted by atomic mass is 9.66. The van der Waals surface area contributed by atoms with E-state index < -0.39 is 6.30 Å². The first kappa shape index (κ1) is 26.0. The number of hydrogen-bond acceptors (Lipinski definition) is 4. The van der Waals surface area contributed by atoms with Gasteiger partial charge in [0.25, 0.3) is 0 Å². The number of carbonyl (C=O) groups excluding carboxylic acids is 1. The number of aryl methyl sites for hydroxylation is 1. The van der Waals surface area contributed by atoms with Gasteiger partial charge >= 0.3 is 0 Å². The molecule has 4 N–H and O–H groups in total. The van der Waals surface area contributed by atoms with Gasteiger partial charge in [0.2, 0.25) is 11.5 Å². The van der Waals surface area contributed by atoms with Crippen LogP contribution in [0.25, 0.3) is 0 Å². The van der Waals surface area contributed by atoms with Crippen molar-refractivity contribution in [1.29, 1.82) is 5.41 Å². The molecule has 8 heteroatoms. The maximum atomic E-state index is 14.0. The normalized spacial score (nSPS) is 38.4. The SMILES string of the molecule is CC1CCNC(C(NC(=O)C2CC(Cn3ccn(C)c3=N)CC(C3CCC(F)NC3C)C2)C2CC2)C1. The van der Waals surface area contributed by atoms with Crippen molar-refractivity contribution in [3.8, 4) is 0 Å². The highest BCUT2D eigenvalue weighted by Gasteiger charge is 2.43. The van der Waals surface area contributed by atoms with Gasteiger partial charge in [-0.15, -0.1) is 0 Å². The Morgan fingerprint density at radius 1 is 1.14 bits per heavy atom. The summed E-state index contributed by atoms with van der Waals surface area (Å²) in [6.45, 7) is 6.26. The van der Waals surface area contributed by atoms with E-state index in [1.807, 2.05) is 28.6 Å². The molecule has 2 aliphatic heterocycles. The Kier molecular flexibility index (Phi) is 7.92. The quantitative estimate of drug-likeness (QED) is 0.432. The Hall–Kier alpha value is -1.67. The number of halogens is 1. The predicted octanol–water partition coefficient (Wildman–Crippen LogP) is 3.31. The van der Waals surface area contributed by atoms with Crippen LogP contribution in [0.15, 0.2) is 12.4 Å². The van der Waals surface area contributed by atoms with Crippen molar-refractivity contribution in [3.63, 3.8) is 0 Å². The number of nitrogens with zero attached hydrogens (tertiary/aromatic N) is 2. The van der Waals surface area contributed by atoms with Crippen LogP contribution in [0.4, 0.5) is 4.39 Å². The van der Waals surface area contributed by atoms with Crippen molar-refractivity contribution in [2.24, 2.45) is 42.6 Å². The summed E-state index contributed by atoms with van der Waals surface area (Å²) in [6.07, 6.45) is 12.1. The monoisotopic (exact) mass is 502 g/mol. The number of hydrogen-bond donors (Lipinski definition) is 4. The predicted molar refractivity (Wildman–Crippen MR) is 139 cm³/mol. The molecular formula is C28H47FN6O. The van der Waals surface area contributed by atoms with Crippen molar-refractivity contribution in [3.05, 3.63) is 18.0 Å². The van der Waals surface area contributed by atoms with E-state index in [0.29, 0.717) is 47.7 Å². The molecule has 0 spiro atoms. The lowest BCUT2D eigenvalue weighted by molar-refractivity contribution is -0.129. The maximum absolute atomic E-state index is 14.0. The second-order valence-corrected chi connectivity index (χ2v) is 12.6. The third-order valence-corrected chi connectivity index (χ3v) is 9.76. The molecule has 4 fully saturated rings. The molecule has 0 aromatic carbocycles. The smallest absolute Gasteiger partial charge is 0.223 e. The van der Waals surface area contributed by atoms with Gasteiger partial charge in [0, 0.05) is 50.0 Å². The van der Waals surface area contributed by atoms with Gasteiger partial charge < -0.3 is 19.8 Å².